The van der Waals surface area contributed by atoms with E-state index in [-0.39, 0.29) is 48.7 Å². The first-order chi connectivity index (χ1) is 32.9. The van der Waals surface area contributed by atoms with Crippen molar-refractivity contribution in [2.75, 3.05) is 45.0 Å². The highest BCUT2D eigenvalue weighted by Gasteiger charge is 2.54. The highest BCUT2D eigenvalue weighted by Crippen LogP contribution is 2.57. The normalized spacial score (nSPS) is 24.0. The first kappa shape index (κ1) is 49.1. The molecule has 3 aromatic carbocycles. The van der Waals surface area contributed by atoms with Crippen LogP contribution in [0.15, 0.2) is 79.0 Å². The zero-order chi connectivity index (χ0) is 47.7. The molecule has 0 bridgehead atoms. The number of amides is 1. The Kier molecular flexibility index (Phi) is 16.1. The number of nitrogens with zero attached hydrogens (tertiary/aromatic N) is 1. The van der Waals surface area contributed by atoms with Crippen molar-refractivity contribution in [3.05, 3.63) is 112 Å². The summed E-state index contributed by atoms with van der Waals surface area (Å²) in [5, 5.41) is 27.4. The topological polar surface area (TPSA) is 175 Å². The van der Waals surface area contributed by atoms with Gasteiger partial charge in [-0.15, -0.1) is 0 Å². The van der Waals surface area contributed by atoms with E-state index in [1.807, 2.05) is 48.7 Å². The van der Waals surface area contributed by atoms with Gasteiger partial charge in [-0.2, -0.15) is 0 Å². The standard InChI is InChI=1S/C54H66ClN3O10/c1-35(33-68-48-16-22-56-46-12-3-7-36(2)50(46)48)27-39-30-38-14-15-43(32-45(38)53(39)18-20-54(21-19-53,52(62)63)58-41-10-5-9-40(55)31-41)65-23-6-13-49(59)57-47(51(60)61)29-37-8-4-11-42(28-37)66-24-17-44-34-64-25-26-67-44/h4-5,8-11,14-16,22,28,31-32,35-36,39,44,47,58H,3,6-7,12-13,17-21,23-27,29-30,33-34H2,1-2H3,(H,57,59)(H,60,61)(H,62,63)/t35-,36-,39?,44+,47?,53?,54?/m1/s1. The van der Waals surface area contributed by atoms with Crippen LogP contribution in [0.25, 0.3) is 0 Å². The number of carboxylic acids is 2. The molecule has 8 rings (SSSR count). The first-order valence-corrected chi connectivity index (χ1v) is 24.8. The number of pyridine rings is 1. The van der Waals surface area contributed by atoms with Crippen molar-refractivity contribution in [2.24, 2.45) is 11.8 Å². The van der Waals surface area contributed by atoms with Crippen molar-refractivity contribution in [3.8, 4) is 17.2 Å². The molecule has 0 radical (unpaired) electrons. The number of carbonyl (C=O) groups is 3. The Balaban J connectivity index is 0.895. The molecule has 1 saturated carbocycles. The van der Waals surface area contributed by atoms with Gasteiger partial charge in [-0.3, -0.25) is 9.78 Å². The Morgan fingerprint density at radius 2 is 1.75 bits per heavy atom. The maximum atomic E-state index is 13.1. The number of benzene rings is 3. The molecule has 4 aromatic rings. The van der Waals surface area contributed by atoms with Crippen molar-refractivity contribution in [1.29, 1.82) is 0 Å². The molecule has 4 N–H and O–H groups in total. The SMILES string of the molecule is C[C@@H](COc1ccnc2c1[C@H](C)CCC2)CC1Cc2ccc(OCCCC(=O)NC(Cc3cccc(OCC[C@H]4COCCO4)c3)C(=O)O)cc2C12CCC(Nc1cccc(Cl)c1)(C(=O)O)CC2. The number of hydrogen-bond acceptors (Lipinski definition) is 10. The zero-order valence-electron chi connectivity index (χ0n) is 39.3. The third-order valence-electron chi connectivity index (χ3n) is 14.6. The summed E-state index contributed by atoms with van der Waals surface area (Å²) in [6.07, 6.45) is 10.4. The van der Waals surface area contributed by atoms with Crippen LogP contribution >= 0.6 is 11.6 Å². The molecule has 68 heavy (non-hydrogen) atoms. The molecule has 4 aliphatic rings. The highest BCUT2D eigenvalue weighted by molar-refractivity contribution is 6.30. The molecule has 1 saturated heterocycles. The number of aryl methyl sites for hydroxylation is 1. The fraction of sp³-hybridized carbons (Fsp3) is 0.519. The van der Waals surface area contributed by atoms with E-state index in [0.717, 1.165) is 49.1 Å². The number of aromatic nitrogens is 1. The average Bonchev–Trinajstić information content (AvgIpc) is 3.61. The number of halogens is 1. The van der Waals surface area contributed by atoms with Crippen LogP contribution in [0.5, 0.6) is 17.2 Å². The maximum absolute atomic E-state index is 13.1. The van der Waals surface area contributed by atoms with Crippen LogP contribution in [0.4, 0.5) is 5.69 Å². The lowest BCUT2D eigenvalue weighted by Gasteiger charge is -2.47. The van der Waals surface area contributed by atoms with E-state index in [0.29, 0.717) is 99.7 Å². The minimum Gasteiger partial charge on any atom is -0.494 e. The van der Waals surface area contributed by atoms with E-state index in [9.17, 15) is 24.6 Å². The molecular formula is C54H66ClN3O10. The van der Waals surface area contributed by atoms with Crippen LogP contribution in [0.2, 0.25) is 5.02 Å². The number of rotatable bonds is 21. The Labute approximate surface area is 404 Å². The lowest BCUT2D eigenvalue weighted by molar-refractivity contribution is -0.144. The van der Waals surface area contributed by atoms with Crippen LogP contribution < -0.4 is 24.8 Å². The van der Waals surface area contributed by atoms with Gasteiger partial charge in [-0.1, -0.05) is 49.7 Å². The number of ether oxygens (including phenoxy) is 5. The van der Waals surface area contributed by atoms with Gasteiger partial charge in [0.05, 0.1) is 45.7 Å². The lowest BCUT2D eigenvalue weighted by atomic mass is 9.59. The number of carbonyl (C=O) groups excluding carboxylic acids is 1. The van der Waals surface area contributed by atoms with Crippen molar-refractivity contribution in [3.63, 3.8) is 0 Å². The molecule has 1 amide bonds. The van der Waals surface area contributed by atoms with Gasteiger partial charge in [0.2, 0.25) is 5.91 Å². The fourth-order valence-corrected chi connectivity index (χ4v) is 11.3. The minimum absolute atomic E-state index is 0.00813. The minimum atomic E-state index is -1.15. The Bertz CT molecular complexity index is 2380. The van der Waals surface area contributed by atoms with Crippen LogP contribution in [0.3, 0.4) is 0 Å². The first-order valence-electron chi connectivity index (χ1n) is 24.5. The summed E-state index contributed by atoms with van der Waals surface area (Å²) >= 11 is 6.32. The lowest BCUT2D eigenvalue weighted by Crippen LogP contribution is -2.53. The van der Waals surface area contributed by atoms with E-state index < -0.39 is 23.5 Å². The molecule has 3 aliphatic carbocycles. The van der Waals surface area contributed by atoms with E-state index in [2.05, 4.69) is 41.6 Å². The Hall–Kier alpha value is -5.37. The molecule has 2 fully saturated rings. The molecule has 1 aromatic heterocycles. The second-order valence-electron chi connectivity index (χ2n) is 19.5. The van der Waals surface area contributed by atoms with E-state index in [1.54, 1.807) is 18.2 Å². The fourth-order valence-electron chi connectivity index (χ4n) is 11.1. The van der Waals surface area contributed by atoms with Crippen molar-refractivity contribution >= 4 is 35.1 Å². The number of nitrogens with one attached hydrogen (secondary N) is 2. The molecule has 364 valence electrons. The summed E-state index contributed by atoms with van der Waals surface area (Å²) in [6.45, 7) is 7.50. The summed E-state index contributed by atoms with van der Waals surface area (Å²) in [5.41, 5.74) is 4.84. The molecule has 5 atom stereocenters. The zero-order valence-corrected chi connectivity index (χ0v) is 40.1. The summed E-state index contributed by atoms with van der Waals surface area (Å²) < 4.78 is 29.9. The highest BCUT2D eigenvalue weighted by atomic mass is 35.5. The molecule has 1 spiro atoms. The van der Waals surface area contributed by atoms with Crippen LogP contribution in [0, 0.1) is 11.8 Å². The molecule has 2 unspecified atom stereocenters. The second kappa shape index (κ2) is 22.4. The summed E-state index contributed by atoms with van der Waals surface area (Å²) in [5.74, 6) is 0.795. The monoisotopic (exact) mass is 951 g/mol. The predicted molar refractivity (Wildman–Crippen MR) is 259 cm³/mol. The number of aliphatic carboxylic acids is 2. The van der Waals surface area contributed by atoms with E-state index in [4.69, 9.17) is 35.3 Å². The molecule has 14 heteroatoms. The summed E-state index contributed by atoms with van der Waals surface area (Å²) in [7, 11) is 0. The van der Waals surface area contributed by atoms with Gasteiger partial charge in [-0.05, 0) is 153 Å². The molecule has 2 heterocycles. The van der Waals surface area contributed by atoms with Crippen molar-refractivity contribution < 1.29 is 48.3 Å². The summed E-state index contributed by atoms with van der Waals surface area (Å²) in [6, 6.07) is 21.6. The number of fused-ring (bicyclic) bond motifs is 3. The van der Waals surface area contributed by atoms with Crippen LogP contribution in [-0.4, -0.2) is 90.4 Å². The van der Waals surface area contributed by atoms with Gasteiger partial charge in [0, 0.05) is 47.4 Å². The number of carboxylic acid groups (broad SMARTS) is 2. The third kappa shape index (κ3) is 11.9. The van der Waals surface area contributed by atoms with Gasteiger partial charge in [-0.25, -0.2) is 9.59 Å². The maximum Gasteiger partial charge on any atom is 0.329 e. The molecule has 13 nitrogen and oxygen atoms in total. The Morgan fingerprint density at radius 3 is 2.53 bits per heavy atom. The molecule has 1 aliphatic heterocycles. The van der Waals surface area contributed by atoms with E-state index >= 15 is 0 Å². The van der Waals surface area contributed by atoms with Crippen LogP contribution in [-0.2, 0) is 48.5 Å². The van der Waals surface area contributed by atoms with Gasteiger partial charge < -0.3 is 44.5 Å². The average molecular weight is 953 g/mol. The summed E-state index contributed by atoms with van der Waals surface area (Å²) in [4.78, 5) is 43.1. The second-order valence-corrected chi connectivity index (χ2v) is 19.9. The quantitative estimate of drug-likeness (QED) is 0.0584. The van der Waals surface area contributed by atoms with E-state index in [1.165, 1.54) is 16.7 Å². The van der Waals surface area contributed by atoms with Crippen molar-refractivity contribution in [2.45, 2.75) is 126 Å². The van der Waals surface area contributed by atoms with Gasteiger partial charge >= 0.3 is 11.9 Å². The number of anilines is 1. The third-order valence-corrected chi connectivity index (χ3v) is 14.9. The van der Waals surface area contributed by atoms with Gasteiger partial charge in [0.15, 0.2) is 0 Å². The van der Waals surface area contributed by atoms with Crippen molar-refractivity contribution in [1.82, 2.24) is 10.3 Å². The predicted octanol–water partition coefficient (Wildman–Crippen LogP) is 9.36. The largest absolute Gasteiger partial charge is 0.494 e. The number of hydrogen-bond donors (Lipinski definition) is 4. The molecular weight excluding hydrogens is 886 g/mol. The van der Waals surface area contributed by atoms with Crippen LogP contribution in [0.1, 0.15) is 112 Å². The smallest absolute Gasteiger partial charge is 0.329 e. The van der Waals surface area contributed by atoms with Gasteiger partial charge in [0.25, 0.3) is 0 Å². The Morgan fingerprint density at radius 1 is 0.941 bits per heavy atom. The van der Waals surface area contributed by atoms with Gasteiger partial charge in [0.1, 0.15) is 28.8 Å².